The number of aromatic nitrogens is 1. The molecule has 0 saturated heterocycles. The number of hydrogen-bond donors (Lipinski definition) is 2. The van der Waals surface area contributed by atoms with Crippen molar-refractivity contribution in [1.29, 1.82) is 0 Å². The topological polar surface area (TPSA) is 54.3 Å². The fraction of sp³-hybridized carbons (Fsp3) is 0.550. The molecule has 1 heterocycles. The number of carboxylic acids is 1. The van der Waals surface area contributed by atoms with Crippen molar-refractivity contribution in [2.24, 2.45) is 5.92 Å². The number of rotatable bonds is 6. The van der Waals surface area contributed by atoms with Gasteiger partial charge in [-0.1, -0.05) is 6.92 Å². The number of fused-ring (bicyclic) bond motifs is 3. The number of hydrogen-bond acceptors (Lipinski definition) is 2. The maximum atomic E-state index is 13.9. The average molecular weight is 344 g/mol. The third-order valence-electron chi connectivity index (χ3n) is 5.74. The van der Waals surface area contributed by atoms with E-state index in [2.05, 4.69) is 5.32 Å². The van der Waals surface area contributed by atoms with Crippen LogP contribution in [0.2, 0.25) is 0 Å². The van der Waals surface area contributed by atoms with Gasteiger partial charge in [0.15, 0.2) is 0 Å². The molecule has 1 fully saturated rings. The van der Waals surface area contributed by atoms with Crippen molar-refractivity contribution in [2.45, 2.75) is 57.5 Å². The van der Waals surface area contributed by atoms with Crippen molar-refractivity contribution in [3.63, 3.8) is 0 Å². The molecular formula is C20H25FN2O2. The molecule has 2 N–H and O–H groups in total. The van der Waals surface area contributed by atoms with Crippen LogP contribution < -0.4 is 5.32 Å². The van der Waals surface area contributed by atoms with Crippen molar-refractivity contribution in [3.05, 3.63) is 35.3 Å². The fourth-order valence-corrected chi connectivity index (χ4v) is 4.22. The Kier molecular flexibility index (Phi) is 4.28. The van der Waals surface area contributed by atoms with Crippen LogP contribution >= 0.6 is 0 Å². The highest BCUT2D eigenvalue weighted by Crippen LogP contribution is 2.36. The summed E-state index contributed by atoms with van der Waals surface area (Å²) in [6, 6.07) is 4.55. The SMILES string of the molecule is CCC(C(=O)O)n1c2c(c3cc(F)ccc31)C[C@@H](NCC1CC1)CC2. The summed E-state index contributed by atoms with van der Waals surface area (Å²) in [5.41, 5.74) is 3.07. The van der Waals surface area contributed by atoms with E-state index in [-0.39, 0.29) is 5.82 Å². The van der Waals surface area contributed by atoms with Gasteiger partial charge in [-0.2, -0.15) is 0 Å². The Morgan fingerprint density at radius 3 is 2.88 bits per heavy atom. The van der Waals surface area contributed by atoms with Gasteiger partial charge in [0, 0.05) is 22.6 Å². The molecule has 1 aromatic heterocycles. The highest BCUT2D eigenvalue weighted by Gasteiger charge is 2.31. The maximum Gasteiger partial charge on any atom is 0.326 e. The zero-order valence-electron chi connectivity index (χ0n) is 14.6. The molecule has 2 aliphatic carbocycles. The summed E-state index contributed by atoms with van der Waals surface area (Å²) in [4.78, 5) is 11.8. The molecule has 0 aliphatic heterocycles. The Morgan fingerprint density at radius 1 is 1.40 bits per heavy atom. The maximum absolute atomic E-state index is 13.9. The van der Waals surface area contributed by atoms with Gasteiger partial charge in [0.25, 0.3) is 0 Å². The Bertz CT molecular complexity index is 810. The second-order valence-electron chi connectivity index (χ2n) is 7.51. The van der Waals surface area contributed by atoms with E-state index in [0.29, 0.717) is 12.5 Å². The van der Waals surface area contributed by atoms with Crippen LogP contribution in [0.25, 0.3) is 10.9 Å². The van der Waals surface area contributed by atoms with Gasteiger partial charge in [-0.15, -0.1) is 0 Å². The van der Waals surface area contributed by atoms with Crippen molar-refractivity contribution < 1.29 is 14.3 Å². The Labute approximate surface area is 147 Å². The molecule has 1 saturated carbocycles. The van der Waals surface area contributed by atoms with Crippen LogP contribution in [0.5, 0.6) is 0 Å². The molecule has 2 atom stereocenters. The summed E-state index contributed by atoms with van der Waals surface area (Å²) in [6.07, 6.45) is 5.88. The van der Waals surface area contributed by atoms with E-state index in [9.17, 15) is 14.3 Å². The normalized spacial score (nSPS) is 21.3. The summed E-state index contributed by atoms with van der Waals surface area (Å²) in [7, 11) is 0. The number of aliphatic carboxylic acids is 1. The summed E-state index contributed by atoms with van der Waals surface area (Å²) in [5.74, 6) is -0.249. The molecule has 1 aromatic carbocycles. The molecule has 4 nitrogen and oxygen atoms in total. The van der Waals surface area contributed by atoms with Gasteiger partial charge >= 0.3 is 5.97 Å². The van der Waals surface area contributed by atoms with Crippen LogP contribution in [0.15, 0.2) is 18.2 Å². The van der Waals surface area contributed by atoms with E-state index in [1.165, 1.54) is 18.9 Å². The zero-order valence-corrected chi connectivity index (χ0v) is 14.6. The number of carboxylic acid groups (broad SMARTS) is 1. The number of carbonyl (C=O) groups is 1. The van der Waals surface area contributed by atoms with Gasteiger partial charge in [-0.25, -0.2) is 9.18 Å². The smallest absolute Gasteiger partial charge is 0.326 e. The monoisotopic (exact) mass is 344 g/mol. The van der Waals surface area contributed by atoms with Crippen LogP contribution in [0, 0.1) is 11.7 Å². The minimum absolute atomic E-state index is 0.260. The van der Waals surface area contributed by atoms with Crippen LogP contribution in [0.3, 0.4) is 0 Å². The Morgan fingerprint density at radius 2 is 2.20 bits per heavy atom. The van der Waals surface area contributed by atoms with Crippen molar-refractivity contribution in [2.75, 3.05) is 6.54 Å². The molecule has 1 unspecified atom stereocenters. The largest absolute Gasteiger partial charge is 0.480 e. The lowest BCUT2D eigenvalue weighted by atomic mass is 9.91. The summed E-state index contributed by atoms with van der Waals surface area (Å²) in [5, 5.41) is 14.2. The van der Waals surface area contributed by atoms with Gasteiger partial charge < -0.3 is 15.0 Å². The van der Waals surface area contributed by atoms with E-state index in [1.807, 2.05) is 11.5 Å². The Balaban J connectivity index is 1.75. The highest BCUT2D eigenvalue weighted by atomic mass is 19.1. The van der Waals surface area contributed by atoms with E-state index in [1.54, 1.807) is 12.1 Å². The predicted molar refractivity (Wildman–Crippen MR) is 95.4 cm³/mol. The number of benzene rings is 1. The molecular weight excluding hydrogens is 319 g/mol. The molecule has 134 valence electrons. The molecule has 0 spiro atoms. The van der Waals surface area contributed by atoms with Crippen LogP contribution in [0.4, 0.5) is 4.39 Å². The number of nitrogens with zero attached hydrogens (tertiary/aromatic N) is 1. The second-order valence-corrected chi connectivity index (χ2v) is 7.51. The minimum atomic E-state index is -0.819. The van der Waals surface area contributed by atoms with Gasteiger partial charge in [0.05, 0.1) is 0 Å². The van der Waals surface area contributed by atoms with E-state index < -0.39 is 12.0 Å². The highest BCUT2D eigenvalue weighted by molar-refractivity contribution is 5.88. The molecule has 4 rings (SSSR count). The summed E-state index contributed by atoms with van der Waals surface area (Å²) < 4.78 is 15.8. The molecule has 25 heavy (non-hydrogen) atoms. The van der Waals surface area contributed by atoms with Crippen LogP contribution in [-0.4, -0.2) is 28.2 Å². The third-order valence-corrected chi connectivity index (χ3v) is 5.74. The third kappa shape index (κ3) is 3.06. The van der Waals surface area contributed by atoms with E-state index in [4.69, 9.17) is 0 Å². The first kappa shape index (κ1) is 16.6. The second kappa shape index (κ2) is 6.45. The van der Waals surface area contributed by atoms with Gasteiger partial charge in [0.1, 0.15) is 11.9 Å². The zero-order chi connectivity index (χ0) is 17.6. The van der Waals surface area contributed by atoms with Gasteiger partial charge in [-0.05, 0) is 74.8 Å². The average Bonchev–Trinajstić information content (AvgIpc) is 3.37. The van der Waals surface area contributed by atoms with Crippen LogP contribution in [-0.2, 0) is 17.6 Å². The standard InChI is InChI=1S/C20H25FN2O2/c1-2-17(20(24)25)23-18-7-5-13(21)9-15(18)16-10-14(6-8-19(16)23)22-11-12-3-4-12/h5,7,9,12,14,17,22H,2-4,6,8,10-11H2,1H3,(H,24,25)/t14-,17?/m0/s1. The van der Waals surface area contributed by atoms with E-state index in [0.717, 1.165) is 53.9 Å². The lowest BCUT2D eigenvalue weighted by Crippen LogP contribution is -2.36. The number of nitrogens with one attached hydrogen (secondary N) is 1. The molecule has 0 bridgehead atoms. The first-order chi connectivity index (χ1) is 12.1. The lowest BCUT2D eigenvalue weighted by molar-refractivity contribution is -0.140. The van der Waals surface area contributed by atoms with Crippen molar-refractivity contribution in [1.82, 2.24) is 9.88 Å². The number of halogens is 1. The molecule has 2 aromatic rings. The molecule has 0 amide bonds. The summed E-state index contributed by atoms with van der Waals surface area (Å²) in [6.45, 7) is 2.96. The predicted octanol–water partition coefficient (Wildman–Crippen LogP) is 3.67. The first-order valence-corrected chi connectivity index (χ1v) is 9.35. The quantitative estimate of drug-likeness (QED) is 0.841. The molecule has 0 radical (unpaired) electrons. The first-order valence-electron chi connectivity index (χ1n) is 9.35. The minimum Gasteiger partial charge on any atom is -0.480 e. The summed E-state index contributed by atoms with van der Waals surface area (Å²) >= 11 is 0. The molecule has 5 heteroatoms. The lowest BCUT2D eigenvalue weighted by Gasteiger charge is -2.26. The molecule has 2 aliphatic rings. The van der Waals surface area contributed by atoms with Crippen molar-refractivity contribution in [3.8, 4) is 0 Å². The van der Waals surface area contributed by atoms with Gasteiger partial charge in [0.2, 0.25) is 0 Å². The Hall–Kier alpha value is -1.88. The van der Waals surface area contributed by atoms with Crippen LogP contribution in [0.1, 0.15) is 49.9 Å². The van der Waals surface area contributed by atoms with Crippen molar-refractivity contribution >= 4 is 16.9 Å². The fourth-order valence-electron chi connectivity index (χ4n) is 4.22. The van der Waals surface area contributed by atoms with E-state index >= 15 is 0 Å². The van der Waals surface area contributed by atoms with Gasteiger partial charge in [-0.3, -0.25) is 0 Å².